The Morgan fingerprint density at radius 3 is 3.10 bits per heavy atom. The Balaban J connectivity index is 2.64. The van der Waals surface area contributed by atoms with Gasteiger partial charge >= 0.3 is 0 Å². The molecule has 1 aromatic heterocycles. The first kappa shape index (κ1) is 7.65. The van der Waals surface area contributed by atoms with Crippen LogP contribution < -0.4 is 5.32 Å². The van der Waals surface area contributed by atoms with E-state index in [-0.39, 0.29) is 12.6 Å². The number of likely N-dealkylation sites (N-methyl/N-ethyl adjacent to an activating group) is 1. The number of hydrogen-bond acceptors (Lipinski definition) is 4. The fourth-order valence-electron chi connectivity index (χ4n) is 0.727. The third-order valence-corrected chi connectivity index (χ3v) is 1.94. The summed E-state index contributed by atoms with van der Waals surface area (Å²) in [6.07, 6.45) is 0. The number of aliphatic hydroxyl groups is 1. The lowest BCUT2D eigenvalue weighted by Gasteiger charge is -2.08. The summed E-state index contributed by atoms with van der Waals surface area (Å²) in [4.78, 5) is 4.05. The SMILES string of the molecule is CNC(CO)c1cscn1. The average Bonchev–Trinajstić information content (AvgIpc) is 2.43. The molecule has 1 heterocycles. The van der Waals surface area contributed by atoms with Crippen molar-refractivity contribution < 1.29 is 5.11 Å². The van der Waals surface area contributed by atoms with Crippen LogP contribution in [0, 0.1) is 0 Å². The third kappa shape index (κ3) is 1.53. The van der Waals surface area contributed by atoms with Crippen LogP contribution in [0.15, 0.2) is 10.9 Å². The fourth-order valence-corrected chi connectivity index (χ4v) is 1.33. The standard InChI is InChI=1S/C6H10N2OS/c1-7-5(2-9)6-3-10-4-8-6/h3-5,7,9H,2H2,1H3. The molecule has 0 amide bonds. The molecule has 0 radical (unpaired) electrons. The van der Waals surface area contributed by atoms with E-state index in [0.717, 1.165) is 5.69 Å². The molecular formula is C6H10N2OS. The molecule has 0 bridgehead atoms. The van der Waals surface area contributed by atoms with Crippen molar-refractivity contribution in [3.8, 4) is 0 Å². The summed E-state index contributed by atoms with van der Waals surface area (Å²) in [5, 5.41) is 13.7. The van der Waals surface area contributed by atoms with E-state index in [1.807, 2.05) is 5.38 Å². The van der Waals surface area contributed by atoms with E-state index in [4.69, 9.17) is 5.11 Å². The number of aliphatic hydroxyl groups excluding tert-OH is 1. The van der Waals surface area contributed by atoms with Gasteiger partial charge in [0.05, 0.1) is 23.9 Å². The minimum Gasteiger partial charge on any atom is -0.394 e. The molecular weight excluding hydrogens is 148 g/mol. The van der Waals surface area contributed by atoms with Gasteiger partial charge in [-0.3, -0.25) is 0 Å². The number of nitrogens with one attached hydrogen (secondary N) is 1. The van der Waals surface area contributed by atoms with Gasteiger partial charge in [0.15, 0.2) is 0 Å². The lowest BCUT2D eigenvalue weighted by molar-refractivity contribution is 0.249. The maximum atomic E-state index is 8.80. The lowest BCUT2D eigenvalue weighted by Crippen LogP contribution is -2.19. The molecule has 0 aliphatic heterocycles. The zero-order chi connectivity index (χ0) is 7.40. The first-order valence-electron chi connectivity index (χ1n) is 3.04. The smallest absolute Gasteiger partial charge is 0.0795 e. The summed E-state index contributed by atoms with van der Waals surface area (Å²) in [6, 6.07) is -0.00810. The molecule has 0 saturated heterocycles. The normalized spacial score (nSPS) is 13.4. The Kier molecular flexibility index (Phi) is 2.80. The van der Waals surface area contributed by atoms with E-state index in [1.54, 1.807) is 12.6 Å². The molecule has 0 aliphatic rings. The van der Waals surface area contributed by atoms with E-state index in [9.17, 15) is 0 Å². The van der Waals surface area contributed by atoms with Crippen molar-refractivity contribution in [2.24, 2.45) is 0 Å². The number of thiazole rings is 1. The van der Waals surface area contributed by atoms with Crippen LogP contribution in [-0.2, 0) is 0 Å². The second kappa shape index (κ2) is 3.65. The quantitative estimate of drug-likeness (QED) is 0.669. The van der Waals surface area contributed by atoms with Crippen LogP contribution >= 0.6 is 11.3 Å². The molecule has 1 aromatic rings. The molecule has 10 heavy (non-hydrogen) atoms. The van der Waals surface area contributed by atoms with Gasteiger partial charge in [-0.05, 0) is 7.05 Å². The van der Waals surface area contributed by atoms with Crippen LogP contribution in [-0.4, -0.2) is 23.7 Å². The second-order valence-corrected chi connectivity index (χ2v) is 2.66. The highest BCUT2D eigenvalue weighted by Gasteiger charge is 2.07. The van der Waals surface area contributed by atoms with Crippen molar-refractivity contribution in [3.63, 3.8) is 0 Å². The molecule has 0 saturated carbocycles. The van der Waals surface area contributed by atoms with Gasteiger partial charge in [-0.15, -0.1) is 11.3 Å². The summed E-state index contributed by atoms with van der Waals surface area (Å²) in [5.74, 6) is 0. The Bertz CT molecular complexity index is 172. The Morgan fingerprint density at radius 2 is 2.70 bits per heavy atom. The van der Waals surface area contributed by atoms with Crippen LogP contribution in [0.4, 0.5) is 0 Å². The van der Waals surface area contributed by atoms with E-state index < -0.39 is 0 Å². The number of nitrogens with zero attached hydrogens (tertiary/aromatic N) is 1. The van der Waals surface area contributed by atoms with Crippen molar-refractivity contribution >= 4 is 11.3 Å². The fraction of sp³-hybridized carbons (Fsp3) is 0.500. The number of rotatable bonds is 3. The summed E-state index contributed by atoms with van der Waals surface area (Å²) in [7, 11) is 1.81. The summed E-state index contributed by atoms with van der Waals surface area (Å²) in [5.41, 5.74) is 2.67. The molecule has 56 valence electrons. The first-order chi connectivity index (χ1) is 4.88. The van der Waals surface area contributed by atoms with Gasteiger partial charge in [-0.1, -0.05) is 0 Å². The van der Waals surface area contributed by atoms with Gasteiger partial charge in [0, 0.05) is 5.38 Å². The summed E-state index contributed by atoms with van der Waals surface area (Å²) < 4.78 is 0. The molecule has 2 N–H and O–H groups in total. The first-order valence-corrected chi connectivity index (χ1v) is 3.99. The molecule has 0 aromatic carbocycles. The van der Waals surface area contributed by atoms with Gasteiger partial charge in [-0.25, -0.2) is 4.98 Å². The molecule has 0 spiro atoms. The van der Waals surface area contributed by atoms with Crippen LogP contribution in [0.1, 0.15) is 11.7 Å². The van der Waals surface area contributed by atoms with E-state index in [0.29, 0.717) is 0 Å². The highest BCUT2D eigenvalue weighted by atomic mass is 32.1. The van der Waals surface area contributed by atoms with Crippen molar-refractivity contribution in [1.82, 2.24) is 10.3 Å². The van der Waals surface area contributed by atoms with Gasteiger partial charge in [0.1, 0.15) is 0 Å². The Labute approximate surface area is 63.7 Å². The number of aromatic nitrogens is 1. The van der Waals surface area contributed by atoms with Crippen LogP contribution in [0.5, 0.6) is 0 Å². The monoisotopic (exact) mass is 158 g/mol. The van der Waals surface area contributed by atoms with E-state index >= 15 is 0 Å². The number of hydrogen-bond donors (Lipinski definition) is 2. The topological polar surface area (TPSA) is 45.1 Å². The molecule has 3 nitrogen and oxygen atoms in total. The maximum Gasteiger partial charge on any atom is 0.0795 e. The van der Waals surface area contributed by atoms with Gasteiger partial charge < -0.3 is 10.4 Å². The Morgan fingerprint density at radius 1 is 1.90 bits per heavy atom. The molecule has 0 aliphatic carbocycles. The lowest BCUT2D eigenvalue weighted by atomic mass is 10.2. The van der Waals surface area contributed by atoms with Crippen molar-refractivity contribution in [1.29, 1.82) is 0 Å². The van der Waals surface area contributed by atoms with Crippen molar-refractivity contribution in [2.75, 3.05) is 13.7 Å². The zero-order valence-electron chi connectivity index (χ0n) is 5.74. The van der Waals surface area contributed by atoms with E-state index in [1.165, 1.54) is 11.3 Å². The third-order valence-electron chi connectivity index (χ3n) is 1.34. The molecule has 0 fully saturated rings. The van der Waals surface area contributed by atoms with Crippen molar-refractivity contribution in [2.45, 2.75) is 6.04 Å². The van der Waals surface area contributed by atoms with Gasteiger partial charge in [-0.2, -0.15) is 0 Å². The maximum absolute atomic E-state index is 8.80. The van der Waals surface area contributed by atoms with Gasteiger partial charge in [0.2, 0.25) is 0 Å². The second-order valence-electron chi connectivity index (χ2n) is 1.94. The molecule has 1 unspecified atom stereocenters. The van der Waals surface area contributed by atoms with E-state index in [2.05, 4.69) is 10.3 Å². The zero-order valence-corrected chi connectivity index (χ0v) is 6.56. The van der Waals surface area contributed by atoms with Crippen LogP contribution in [0.3, 0.4) is 0 Å². The minimum absolute atomic E-state index is 0.00810. The Hall–Kier alpha value is -0.450. The van der Waals surface area contributed by atoms with Crippen LogP contribution in [0.25, 0.3) is 0 Å². The molecule has 1 rings (SSSR count). The summed E-state index contributed by atoms with van der Waals surface area (Å²) >= 11 is 1.54. The highest BCUT2D eigenvalue weighted by molar-refractivity contribution is 7.07. The van der Waals surface area contributed by atoms with Gasteiger partial charge in [0.25, 0.3) is 0 Å². The predicted octanol–water partition coefficient (Wildman–Crippen LogP) is 0.396. The molecule has 1 atom stereocenters. The average molecular weight is 158 g/mol. The molecule has 4 heteroatoms. The van der Waals surface area contributed by atoms with Crippen LogP contribution in [0.2, 0.25) is 0 Å². The highest BCUT2D eigenvalue weighted by Crippen LogP contribution is 2.10. The minimum atomic E-state index is -0.00810. The predicted molar refractivity (Wildman–Crippen MR) is 41.0 cm³/mol. The van der Waals surface area contributed by atoms with Crippen molar-refractivity contribution in [3.05, 3.63) is 16.6 Å². The summed E-state index contributed by atoms with van der Waals surface area (Å²) in [6.45, 7) is 0.0975. The largest absolute Gasteiger partial charge is 0.394 e.